The minimum absolute atomic E-state index is 0.191. The molecule has 1 aromatic heterocycles. The molecule has 1 aliphatic carbocycles. The van der Waals surface area contributed by atoms with Crippen LogP contribution < -0.4 is 10.6 Å². The van der Waals surface area contributed by atoms with Crippen molar-refractivity contribution in [1.29, 1.82) is 0 Å². The summed E-state index contributed by atoms with van der Waals surface area (Å²) in [6.45, 7) is 0.413. The zero-order valence-corrected chi connectivity index (χ0v) is 12.5. The van der Waals surface area contributed by atoms with Crippen molar-refractivity contribution in [1.82, 2.24) is 20.4 Å². The Morgan fingerprint density at radius 1 is 1.32 bits per heavy atom. The highest BCUT2D eigenvalue weighted by Crippen LogP contribution is 2.18. The van der Waals surface area contributed by atoms with Gasteiger partial charge in [-0.25, -0.2) is 0 Å². The fraction of sp³-hybridized carbons (Fsp3) is 0.667. The third kappa shape index (κ3) is 3.30. The van der Waals surface area contributed by atoms with Gasteiger partial charge in [0.15, 0.2) is 5.69 Å². The molecule has 0 unspecified atom stereocenters. The molecule has 3 rings (SSSR count). The lowest BCUT2D eigenvalue weighted by atomic mass is 10.1. The normalized spacial score (nSPS) is 23.1. The van der Waals surface area contributed by atoms with E-state index in [9.17, 15) is 14.7 Å². The maximum absolute atomic E-state index is 12.3. The third-order valence-corrected chi connectivity index (χ3v) is 4.32. The van der Waals surface area contributed by atoms with Crippen LogP contribution in [0.3, 0.4) is 0 Å². The van der Waals surface area contributed by atoms with Crippen molar-refractivity contribution in [2.24, 2.45) is 0 Å². The summed E-state index contributed by atoms with van der Waals surface area (Å²) in [5.41, 5.74) is 0.561. The second-order valence-electron chi connectivity index (χ2n) is 6.12. The first-order valence-corrected chi connectivity index (χ1v) is 7.98. The highest BCUT2D eigenvalue weighted by Gasteiger charge is 2.25. The van der Waals surface area contributed by atoms with Crippen molar-refractivity contribution in [2.75, 3.05) is 6.54 Å². The maximum Gasteiger partial charge on any atom is 0.272 e. The SMILES string of the molecule is O=C(NC1CCCCCC1)c1cc2n(n1)C[C@H](O)CNC2=O. The molecule has 0 saturated heterocycles. The molecule has 0 bridgehead atoms. The van der Waals surface area contributed by atoms with E-state index in [1.807, 2.05) is 0 Å². The van der Waals surface area contributed by atoms with E-state index < -0.39 is 6.10 Å². The zero-order valence-electron chi connectivity index (χ0n) is 12.5. The average molecular weight is 306 g/mol. The fourth-order valence-corrected chi connectivity index (χ4v) is 3.10. The first-order chi connectivity index (χ1) is 10.6. The van der Waals surface area contributed by atoms with Gasteiger partial charge in [0, 0.05) is 18.7 Å². The zero-order chi connectivity index (χ0) is 15.5. The van der Waals surface area contributed by atoms with Gasteiger partial charge in [0.25, 0.3) is 11.8 Å². The summed E-state index contributed by atoms with van der Waals surface area (Å²) in [4.78, 5) is 24.2. The molecule has 120 valence electrons. The number of β-amino-alcohol motifs (C(OH)–C–C–N with tert-alkyl or cyclic N) is 1. The van der Waals surface area contributed by atoms with Crippen LogP contribution in [0.25, 0.3) is 0 Å². The van der Waals surface area contributed by atoms with E-state index in [0.29, 0.717) is 5.69 Å². The molecule has 1 fully saturated rings. The van der Waals surface area contributed by atoms with Crippen molar-refractivity contribution < 1.29 is 14.7 Å². The van der Waals surface area contributed by atoms with Gasteiger partial charge in [0.1, 0.15) is 5.69 Å². The van der Waals surface area contributed by atoms with Crippen molar-refractivity contribution in [3.63, 3.8) is 0 Å². The molecule has 7 nitrogen and oxygen atoms in total. The molecule has 22 heavy (non-hydrogen) atoms. The summed E-state index contributed by atoms with van der Waals surface area (Å²) >= 11 is 0. The summed E-state index contributed by atoms with van der Waals surface area (Å²) in [7, 11) is 0. The average Bonchev–Trinajstić information content (AvgIpc) is 2.66. The van der Waals surface area contributed by atoms with E-state index in [0.717, 1.165) is 25.7 Å². The molecule has 1 aliphatic heterocycles. The lowest BCUT2D eigenvalue weighted by molar-refractivity contribution is 0.0925. The Morgan fingerprint density at radius 3 is 2.77 bits per heavy atom. The van der Waals surface area contributed by atoms with Crippen LogP contribution in [-0.4, -0.2) is 45.4 Å². The monoisotopic (exact) mass is 306 g/mol. The van der Waals surface area contributed by atoms with Gasteiger partial charge < -0.3 is 15.7 Å². The summed E-state index contributed by atoms with van der Waals surface area (Å²) in [5.74, 6) is -0.549. The highest BCUT2D eigenvalue weighted by molar-refractivity contribution is 5.98. The second kappa shape index (κ2) is 6.48. The number of nitrogens with one attached hydrogen (secondary N) is 2. The van der Waals surface area contributed by atoms with Gasteiger partial charge in [-0.2, -0.15) is 5.10 Å². The number of aliphatic hydroxyl groups excluding tert-OH is 1. The second-order valence-corrected chi connectivity index (χ2v) is 6.12. The van der Waals surface area contributed by atoms with Gasteiger partial charge in [-0.05, 0) is 12.8 Å². The van der Waals surface area contributed by atoms with Crippen LogP contribution in [0.1, 0.15) is 59.5 Å². The third-order valence-electron chi connectivity index (χ3n) is 4.32. The van der Waals surface area contributed by atoms with Crippen LogP contribution >= 0.6 is 0 Å². The van der Waals surface area contributed by atoms with Crippen LogP contribution in [0, 0.1) is 0 Å². The molecule has 0 aromatic carbocycles. The molecular formula is C15H22N4O3. The number of rotatable bonds is 2. The Morgan fingerprint density at radius 2 is 2.05 bits per heavy atom. The number of nitrogens with zero attached hydrogens (tertiary/aromatic N) is 2. The summed E-state index contributed by atoms with van der Waals surface area (Å²) in [6, 6.07) is 1.69. The van der Waals surface area contributed by atoms with Gasteiger partial charge in [0.2, 0.25) is 0 Å². The predicted molar refractivity (Wildman–Crippen MR) is 79.5 cm³/mol. The molecule has 2 amide bonds. The minimum atomic E-state index is -0.692. The van der Waals surface area contributed by atoms with E-state index in [2.05, 4.69) is 15.7 Å². The molecule has 1 saturated carbocycles. The number of aromatic nitrogens is 2. The summed E-state index contributed by atoms with van der Waals surface area (Å²) in [5, 5.41) is 19.5. The minimum Gasteiger partial charge on any atom is -0.389 e. The van der Waals surface area contributed by atoms with Crippen molar-refractivity contribution in [2.45, 2.75) is 57.2 Å². The molecule has 1 atom stereocenters. The molecule has 7 heteroatoms. The number of amides is 2. The Bertz CT molecular complexity index is 561. The maximum atomic E-state index is 12.3. The topological polar surface area (TPSA) is 96.2 Å². The van der Waals surface area contributed by atoms with E-state index in [1.54, 1.807) is 0 Å². The van der Waals surface area contributed by atoms with Gasteiger partial charge in [-0.3, -0.25) is 14.3 Å². The van der Waals surface area contributed by atoms with E-state index in [-0.39, 0.29) is 36.6 Å². The number of hydrogen-bond acceptors (Lipinski definition) is 4. The largest absolute Gasteiger partial charge is 0.389 e. The number of aliphatic hydroxyl groups is 1. The van der Waals surface area contributed by atoms with Crippen LogP contribution in [0.4, 0.5) is 0 Å². The van der Waals surface area contributed by atoms with Gasteiger partial charge in [-0.1, -0.05) is 25.7 Å². The highest BCUT2D eigenvalue weighted by atomic mass is 16.3. The van der Waals surface area contributed by atoms with Gasteiger partial charge >= 0.3 is 0 Å². The lowest BCUT2D eigenvalue weighted by Gasteiger charge is -2.15. The Balaban J connectivity index is 1.72. The van der Waals surface area contributed by atoms with Crippen LogP contribution in [0.5, 0.6) is 0 Å². The van der Waals surface area contributed by atoms with Crippen molar-refractivity contribution >= 4 is 11.8 Å². The Kier molecular flexibility index (Phi) is 4.42. The Labute approximate surface area is 129 Å². The smallest absolute Gasteiger partial charge is 0.272 e. The van der Waals surface area contributed by atoms with Crippen molar-refractivity contribution in [3.05, 3.63) is 17.5 Å². The standard InChI is InChI=1S/C15H22N4O3/c20-11-8-16-15(22)13-7-12(18-19(13)9-11)14(21)17-10-5-3-1-2-4-6-10/h7,10-11,20H,1-6,8-9H2,(H,16,22)(H,17,21)/t11-/m1/s1. The number of fused-ring (bicyclic) bond motifs is 1. The molecule has 2 aliphatic rings. The van der Waals surface area contributed by atoms with E-state index in [4.69, 9.17) is 0 Å². The molecule has 1 aromatic rings. The quantitative estimate of drug-likeness (QED) is 0.691. The Hall–Kier alpha value is -1.89. The lowest BCUT2D eigenvalue weighted by Crippen LogP contribution is -2.35. The summed E-state index contributed by atoms with van der Waals surface area (Å²) < 4.78 is 1.41. The fourth-order valence-electron chi connectivity index (χ4n) is 3.10. The van der Waals surface area contributed by atoms with E-state index >= 15 is 0 Å². The van der Waals surface area contributed by atoms with Gasteiger partial charge in [-0.15, -0.1) is 0 Å². The molecule has 2 heterocycles. The van der Waals surface area contributed by atoms with Crippen LogP contribution in [0.15, 0.2) is 6.07 Å². The number of carbonyl (C=O) groups excluding carboxylic acids is 2. The molecule has 0 spiro atoms. The molecule has 0 radical (unpaired) electrons. The molecule has 3 N–H and O–H groups in total. The van der Waals surface area contributed by atoms with Crippen molar-refractivity contribution in [3.8, 4) is 0 Å². The number of carbonyl (C=O) groups is 2. The molecular weight excluding hydrogens is 284 g/mol. The predicted octanol–water partition coefficient (Wildman–Crippen LogP) is 0.440. The number of hydrogen-bond donors (Lipinski definition) is 3. The van der Waals surface area contributed by atoms with Crippen LogP contribution in [-0.2, 0) is 6.54 Å². The first-order valence-electron chi connectivity index (χ1n) is 7.98. The first kappa shape index (κ1) is 15.0. The van der Waals surface area contributed by atoms with E-state index in [1.165, 1.54) is 23.6 Å². The summed E-state index contributed by atoms with van der Waals surface area (Å²) in [6.07, 6.45) is 6.03. The van der Waals surface area contributed by atoms with Crippen LogP contribution in [0.2, 0.25) is 0 Å². The van der Waals surface area contributed by atoms with Gasteiger partial charge in [0.05, 0.1) is 12.6 Å².